The zero-order valence-electron chi connectivity index (χ0n) is 13.3. The molecule has 0 spiro atoms. The predicted molar refractivity (Wildman–Crippen MR) is 86.3 cm³/mol. The van der Waals surface area contributed by atoms with Crippen molar-refractivity contribution in [1.82, 2.24) is 10.6 Å². The molecule has 4 nitrogen and oxygen atoms in total. The minimum atomic E-state index is -0.586. The van der Waals surface area contributed by atoms with Gasteiger partial charge < -0.3 is 15.1 Å². The van der Waals surface area contributed by atoms with E-state index in [2.05, 4.69) is 15.6 Å². The quantitative estimate of drug-likeness (QED) is 0.633. The van der Waals surface area contributed by atoms with Crippen molar-refractivity contribution in [2.45, 2.75) is 26.3 Å². The Morgan fingerprint density at radius 1 is 1.30 bits per heavy atom. The van der Waals surface area contributed by atoms with E-state index in [1.54, 1.807) is 13.2 Å². The summed E-state index contributed by atoms with van der Waals surface area (Å²) in [6.45, 7) is 4.98. The van der Waals surface area contributed by atoms with Gasteiger partial charge in [0, 0.05) is 31.1 Å². The maximum Gasteiger partial charge on any atom is 0.191 e. The van der Waals surface area contributed by atoms with Crippen molar-refractivity contribution in [2.75, 3.05) is 13.1 Å². The van der Waals surface area contributed by atoms with Crippen LogP contribution in [0.4, 0.5) is 8.78 Å². The summed E-state index contributed by atoms with van der Waals surface area (Å²) in [5.74, 6) is 0.284. The molecule has 2 rings (SSSR count). The van der Waals surface area contributed by atoms with Crippen molar-refractivity contribution >= 4 is 5.96 Å². The summed E-state index contributed by atoms with van der Waals surface area (Å²) < 4.78 is 32.1. The SMILES string of the molecule is CCNC(=NCCc1ccco1)NC(C)c1ccc(F)cc1F. The fourth-order valence-electron chi connectivity index (χ4n) is 2.19. The number of benzene rings is 1. The van der Waals surface area contributed by atoms with Gasteiger partial charge in [-0.15, -0.1) is 0 Å². The summed E-state index contributed by atoms with van der Waals surface area (Å²) in [7, 11) is 0. The molecule has 0 aliphatic carbocycles. The van der Waals surface area contributed by atoms with Gasteiger partial charge in [-0.3, -0.25) is 4.99 Å². The molecule has 0 saturated heterocycles. The number of furan rings is 1. The average molecular weight is 321 g/mol. The second-order valence-corrected chi connectivity index (χ2v) is 5.12. The number of halogens is 2. The van der Waals surface area contributed by atoms with Gasteiger partial charge >= 0.3 is 0 Å². The van der Waals surface area contributed by atoms with E-state index >= 15 is 0 Å². The van der Waals surface area contributed by atoms with Crippen molar-refractivity contribution in [3.63, 3.8) is 0 Å². The van der Waals surface area contributed by atoms with E-state index in [0.29, 0.717) is 31.0 Å². The molecule has 1 aromatic heterocycles. The Morgan fingerprint density at radius 3 is 2.78 bits per heavy atom. The molecule has 0 aliphatic rings. The Morgan fingerprint density at radius 2 is 2.13 bits per heavy atom. The van der Waals surface area contributed by atoms with E-state index in [4.69, 9.17) is 4.42 Å². The number of rotatable bonds is 6. The second-order valence-electron chi connectivity index (χ2n) is 5.12. The van der Waals surface area contributed by atoms with Gasteiger partial charge in [-0.25, -0.2) is 8.78 Å². The van der Waals surface area contributed by atoms with Gasteiger partial charge in [0.1, 0.15) is 17.4 Å². The highest BCUT2D eigenvalue weighted by Crippen LogP contribution is 2.17. The lowest BCUT2D eigenvalue weighted by Gasteiger charge is -2.18. The van der Waals surface area contributed by atoms with Crippen molar-refractivity contribution < 1.29 is 13.2 Å². The van der Waals surface area contributed by atoms with Crippen LogP contribution in [0.15, 0.2) is 46.0 Å². The summed E-state index contributed by atoms with van der Waals surface area (Å²) in [5.41, 5.74) is 0.392. The summed E-state index contributed by atoms with van der Waals surface area (Å²) in [4.78, 5) is 4.44. The third-order valence-electron chi connectivity index (χ3n) is 3.33. The van der Waals surface area contributed by atoms with Crippen LogP contribution in [0.3, 0.4) is 0 Å². The van der Waals surface area contributed by atoms with E-state index in [0.717, 1.165) is 11.8 Å². The lowest BCUT2D eigenvalue weighted by atomic mass is 10.1. The molecule has 1 aromatic carbocycles. The molecule has 6 heteroatoms. The minimum absolute atomic E-state index is 0.336. The Kier molecular flexibility index (Phi) is 6.14. The van der Waals surface area contributed by atoms with Crippen LogP contribution in [0.2, 0.25) is 0 Å². The molecule has 1 unspecified atom stereocenters. The van der Waals surface area contributed by atoms with E-state index < -0.39 is 11.6 Å². The first kappa shape index (κ1) is 17.0. The van der Waals surface area contributed by atoms with Crippen molar-refractivity contribution in [3.8, 4) is 0 Å². The van der Waals surface area contributed by atoms with E-state index in [-0.39, 0.29) is 6.04 Å². The molecule has 1 heterocycles. The number of nitrogens with zero attached hydrogens (tertiary/aromatic N) is 1. The molecule has 0 saturated carbocycles. The zero-order chi connectivity index (χ0) is 16.7. The van der Waals surface area contributed by atoms with Crippen LogP contribution in [0.25, 0.3) is 0 Å². The molecular formula is C17H21F2N3O. The first-order valence-corrected chi connectivity index (χ1v) is 7.62. The second kappa shape index (κ2) is 8.31. The Labute approximate surface area is 134 Å². The third-order valence-corrected chi connectivity index (χ3v) is 3.33. The summed E-state index contributed by atoms with van der Waals surface area (Å²) in [6, 6.07) is 6.96. The number of hydrogen-bond donors (Lipinski definition) is 2. The van der Waals surface area contributed by atoms with Gasteiger partial charge in [-0.2, -0.15) is 0 Å². The molecule has 1 atom stereocenters. The predicted octanol–water partition coefficient (Wildman–Crippen LogP) is 3.42. The third kappa shape index (κ3) is 5.09. The Bertz CT molecular complexity index is 641. The van der Waals surface area contributed by atoms with Crippen LogP contribution in [-0.2, 0) is 6.42 Å². The van der Waals surface area contributed by atoms with Crippen LogP contribution < -0.4 is 10.6 Å². The fourth-order valence-corrected chi connectivity index (χ4v) is 2.19. The molecular weight excluding hydrogens is 300 g/mol. The van der Waals surface area contributed by atoms with Crippen LogP contribution in [0, 0.1) is 11.6 Å². The van der Waals surface area contributed by atoms with Crippen LogP contribution in [0.1, 0.15) is 31.2 Å². The molecule has 23 heavy (non-hydrogen) atoms. The summed E-state index contributed by atoms with van der Waals surface area (Å²) >= 11 is 0. The molecule has 124 valence electrons. The lowest BCUT2D eigenvalue weighted by Crippen LogP contribution is -2.39. The smallest absolute Gasteiger partial charge is 0.191 e. The highest BCUT2D eigenvalue weighted by Gasteiger charge is 2.13. The van der Waals surface area contributed by atoms with E-state index in [9.17, 15) is 8.78 Å². The van der Waals surface area contributed by atoms with E-state index in [1.807, 2.05) is 19.1 Å². The number of aliphatic imine (C=N–C) groups is 1. The largest absolute Gasteiger partial charge is 0.469 e. The van der Waals surface area contributed by atoms with Crippen molar-refractivity contribution in [3.05, 3.63) is 59.6 Å². The molecule has 0 aliphatic heterocycles. The molecule has 2 N–H and O–H groups in total. The number of hydrogen-bond acceptors (Lipinski definition) is 2. The molecule has 0 radical (unpaired) electrons. The Hall–Kier alpha value is -2.37. The van der Waals surface area contributed by atoms with Gasteiger partial charge in [-0.1, -0.05) is 6.07 Å². The maximum atomic E-state index is 13.8. The zero-order valence-corrected chi connectivity index (χ0v) is 13.3. The highest BCUT2D eigenvalue weighted by molar-refractivity contribution is 5.80. The molecule has 0 amide bonds. The van der Waals surface area contributed by atoms with Gasteiger partial charge in [0.2, 0.25) is 0 Å². The van der Waals surface area contributed by atoms with Crippen LogP contribution >= 0.6 is 0 Å². The normalized spacial score (nSPS) is 13.0. The van der Waals surface area contributed by atoms with Gasteiger partial charge in [-0.05, 0) is 32.0 Å². The van der Waals surface area contributed by atoms with Gasteiger partial charge in [0.25, 0.3) is 0 Å². The molecule has 0 bridgehead atoms. The highest BCUT2D eigenvalue weighted by atomic mass is 19.1. The first-order valence-electron chi connectivity index (χ1n) is 7.62. The fraction of sp³-hybridized carbons (Fsp3) is 0.353. The minimum Gasteiger partial charge on any atom is -0.469 e. The first-order chi connectivity index (χ1) is 11.1. The van der Waals surface area contributed by atoms with Crippen LogP contribution in [0.5, 0.6) is 0 Å². The van der Waals surface area contributed by atoms with Crippen molar-refractivity contribution in [1.29, 1.82) is 0 Å². The van der Waals surface area contributed by atoms with Gasteiger partial charge in [0.05, 0.1) is 12.3 Å². The standard InChI is InChI=1S/C17H21F2N3O/c1-3-20-17(21-9-8-14-5-4-10-23-14)22-12(2)15-7-6-13(18)11-16(15)19/h4-7,10-12H,3,8-9H2,1-2H3,(H2,20,21,22). The van der Waals surface area contributed by atoms with E-state index in [1.165, 1.54) is 12.1 Å². The number of nitrogens with one attached hydrogen (secondary N) is 2. The maximum absolute atomic E-state index is 13.8. The van der Waals surface area contributed by atoms with Crippen LogP contribution in [-0.4, -0.2) is 19.0 Å². The van der Waals surface area contributed by atoms with Crippen molar-refractivity contribution in [2.24, 2.45) is 4.99 Å². The lowest BCUT2D eigenvalue weighted by molar-refractivity contribution is 0.510. The summed E-state index contributed by atoms with van der Waals surface area (Å²) in [5, 5.41) is 6.23. The average Bonchev–Trinajstić information content (AvgIpc) is 3.00. The Balaban J connectivity index is 1.99. The summed E-state index contributed by atoms with van der Waals surface area (Å²) in [6.07, 6.45) is 2.31. The number of guanidine groups is 1. The monoisotopic (exact) mass is 321 g/mol. The van der Waals surface area contributed by atoms with Gasteiger partial charge in [0.15, 0.2) is 5.96 Å². The topological polar surface area (TPSA) is 49.6 Å². The molecule has 2 aromatic rings. The molecule has 0 fully saturated rings.